The van der Waals surface area contributed by atoms with Crippen LogP contribution in [0.25, 0.3) is 10.8 Å². The largest absolute Gasteiger partial charge is 0.491 e. The molecule has 38 heavy (non-hydrogen) atoms. The number of carbonyl (C=O) groups excluding carboxylic acids is 2. The van der Waals surface area contributed by atoms with Gasteiger partial charge in [0.25, 0.3) is 0 Å². The van der Waals surface area contributed by atoms with Gasteiger partial charge < -0.3 is 37.9 Å². The van der Waals surface area contributed by atoms with Crippen molar-refractivity contribution in [2.75, 3.05) is 79.3 Å². The molecule has 0 saturated carbocycles. The lowest BCUT2D eigenvalue weighted by Gasteiger charge is -2.10. The van der Waals surface area contributed by atoms with Gasteiger partial charge in [-0.05, 0) is 35.0 Å². The molecule has 2 rings (SSSR count). The molecule has 2 aromatic rings. The van der Waals surface area contributed by atoms with Crippen molar-refractivity contribution >= 4 is 22.7 Å². The van der Waals surface area contributed by atoms with Gasteiger partial charge in [0.2, 0.25) is 0 Å². The summed E-state index contributed by atoms with van der Waals surface area (Å²) in [6.45, 7) is 10.9. The molecule has 0 unspecified atom stereocenters. The van der Waals surface area contributed by atoms with Crippen LogP contribution in [0.4, 0.5) is 0 Å². The lowest BCUT2D eigenvalue weighted by Crippen LogP contribution is -2.13. The molecule has 0 spiro atoms. The van der Waals surface area contributed by atoms with Crippen LogP contribution in [0.1, 0.15) is 0 Å². The summed E-state index contributed by atoms with van der Waals surface area (Å²) < 4.78 is 42.8. The average molecular weight is 533 g/mol. The summed E-state index contributed by atoms with van der Waals surface area (Å²) in [5.74, 6) is 0.542. The second kappa shape index (κ2) is 19.6. The zero-order valence-corrected chi connectivity index (χ0v) is 21.6. The third-order valence-electron chi connectivity index (χ3n) is 4.80. The van der Waals surface area contributed by atoms with E-state index < -0.39 is 11.9 Å². The third kappa shape index (κ3) is 13.8. The first-order valence-corrected chi connectivity index (χ1v) is 12.3. The maximum Gasteiger partial charge on any atom is 0.330 e. The van der Waals surface area contributed by atoms with Crippen LogP contribution in [0.15, 0.2) is 61.7 Å². The minimum absolute atomic E-state index is 0.186. The normalized spacial score (nSPS) is 10.6. The minimum atomic E-state index is -0.466. The number of fused-ring (bicyclic) bond motifs is 1. The molecule has 2 aromatic carbocycles. The zero-order chi connectivity index (χ0) is 27.3. The quantitative estimate of drug-likeness (QED) is 0.128. The van der Waals surface area contributed by atoms with Gasteiger partial charge in [0, 0.05) is 12.2 Å². The molecule has 0 aliphatic heterocycles. The number of hydrogen-bond donors (Lipinski definition) is 0. The molecule has 0 saturated heterocycles. The first-order chi connectivity index (χ1) is 18.6. The monoisotopic (exact) mass is 532 g/mol. The topological polar surface area (TPSA) is 108 Å². The van der Waals surface area contributed by atoms with Crippen LogP contribution in [0.2, 0.25) is 0 Å². The van der Waals surface area contributed by atoms with Crippen LogP contribution in [0.5, 0.6) is 11.5 Å². The molecule has 0 amide bonds. The van der Waals surface area contributed by atoms with Crippen LogP contribution in [-0.2, 0) is 38.0 Å². The van der Waals surface area contributed by atoms with Crippen molar-refractivity contribution < 1.29 is 47.5 Å². The fraction of sp³-hybridized carbons (Fsp3) is 0.429. The molecule has 0 heterocycles. The van der Waals surface area contributed by atoms with E-state index in [0.717, 1.165) is 34.4 Å². The highest BCUT2D eigenvalue weighted by molar-refractivity contribution is 5.85. The Morgan fingerprint density at radius 2 is 0.895 bits per heavy atom. The van der Waals surface area contributed by atoms with Gasteiger partial charge in [0.05, 0.1) is 52.9 Å². The number of ether oxygens (including phenoxy) is 8. The van der Waals surface area contributed by atoms with Crippen molar-refractivity contribution in [1.29, 1.82) is 0 Å². The Hall–Kier alpha value is -3.44. The molecule has 0 aliphatic rings. The van der Waals surface area contributed by atoms with Gasteiger partial charge in [-0.15, -0.1) is 0 Å². The predicted molar refractivity (Wildman–Crippen MR) is 141 cm³/mol. The van der Waals surface area contributed by atoms with E-state index in [1.807, 2.05) is 36.4 Å². The van der Waals surface area contributed by atoms with E-state index in [1.165, 1.54) is 0 Å². The fourth-order valence-electron chi connectivity index (χ4n) is 2.98. The van der Waals surface area contributed by atoms with Crippen molar-refractivity contribution in [2.45, 2.75) is 0 Å². The highest BCUT2D eigenvalue weighted by atomic mass is 16.6. The van der Waals surface area contributed by atoms with Crippen LogP contribution in [0.3, 0.4) is 0 Å². The van der Waals surface area contributed by atoms with Gasteiger partial charge in [-0.25, -0.2) is 9.59 Å². The lowest BCUT2D eigenvalue weighted by atomic mass is 10.1. The van der Waals surface area contributed by atoms with Crippen LogP contribution < -0.4 is 9.47 Å². The van der Waals surface area contributed by atoms with Gasteiger partial charge in [-0.2, -0.15) is 0 Å². The summed E-state index contributed by atoms with van der Waals surface area (Å²) in [6, 6.07) is 11.7. The number of carbonyl (C=O) groups is 2. The SMILES string of the molecule is C=CC(=O)OCCOCCOCCOc1ccc2ccc(OCCOCCOCCOC(=O)C=C)cc2c1. The summed E-state index contributed by atoms with van der Waals surface area (Å²) in [6.07, 6.45) is 2.22. The van der Waals surface area contributed by atoms with E-state index in [9.17, 15) is 9.59 Å². The number of benzene rings is 2. The molecule has 0 N–H and O–H groups in total. The summed E-state index contributed by atoms with van der Waals surface area (Å²) in [7, 11) is 0. The van der Waals surface area contributed by atoms with E-state index in [-0.39, 0.29) is 13.2 Å². The van der Waals surface area contributed by atoms with Crippen molar-refractivity contribution in [3.05, 3.63) is 61.7 Å². The molecular weight excluding hydrogens is 496 g/mol. The van der Waals surface area contributed by atoms with Gasteiger partial charge in [0.1, 0.15) is 37.9 Å². The van der Waals surface area contributed by atoms with Gasteiger partial charge in [0.15, 0.2) is 0 Å². The maximum absolute atomic E-state index is 10.9. The van der Waals surface area contributed by atoms with Gasteiger partial charge >= 0.3 is 11.9 Å². The highest BCUT2D eigenvalue weighted by Crippen LogP contribution is 2.25. The molecule has 10 heteroatoms. The van der Waals surface area contributed by atoms with E-state index in [4.69, 9.17) is 37.9 Å². The molecule has 0 aromatic heterocycles. The summed E-state index contributed by atoms with van der Waals surface area (Å²) in [4.78, 5) is 21.8. The molecule has 208 valence electrons. The molecule has 0 fully saturated rings. The molecule has 0 radical (unpaired) electrons. The Labute approximate surface area is 223 Å². The summed E-state index contributed by atoms with van der Waals surface area (Å²) in [5.41, 5.74) is 0. The fourth-order valence-corrected chi connectivity index (χ4v) is 2.98. The van der Waals surface area contributed by atoms with E-state index in [1.54, 1.807) is 0 Å². The van der Waals surface area contributed by atoms with Crippen molar-refractivity contribution in [3.8, 4) is 11.5 Å². The average Bonchev–Trinajstić information content (AvgIpc) is 2.94. The van der Waals surface area contributed by atoms with Crippen LogP contribution >= 0.6 is 0 Å². The number of hydrogen-bond acceptors (Lipinski definition) is 10. The Balaban J connectivity index is 1.55. The number of rotatable bonds is 22. The Morgan fingerprint density at radius 3 is 1.29 bits per heavy atom. The van der Waals surface area contributed by atoms with Crippen LogP contribution in [0, 0.1) is 0 Å². The van der Waals surface area contributed by atoms with E-state index >= 15 is 0 Å². The molecule has 0 aliphatic carbocycles. The summed E-state index contributed by atoms with van der Waals surface area (Å²) >= 11 is 0. The van der Waals surface area contributed by atoms with Crippen molar-refractivity contribution in [1.82, 2.24) is 0 Å². The van der Waals surface area contributed by atoms with Crippen molar-refractivity contribution in [2.24, 2.45) is 0 Å². The molecule has 0 atom stereocenters. The Bertz CT molecular complexity index is 916. The predicted octanol–water partition coefficient (Wildman–Crippen LogP) is 3.12. The van der Waals surface area contributed by atoms with E-state index in [2.05, 4.69) is 13.2 Å². The standard InChI is InChI=1S/C28H36O10/c1-3-27(29)37-19-15-33-11-9-31-13-17-35-25-7-5-23-6-8-26(22-24(23)21-25)36-18-14-32-10-12-34-16-20-38-28(30)4-2/h3-8,21-22H,1-2,9-20H2. The second-order valence-electron chi connectivity index (χ2n) is 7.56. The molecular formula is C28H36O10. The molecule has 10 nitrogen and oxygen atoms in total. The lowest BCUT2D eigenvalue weighted by molar-refractivity contribution is -0.140. The van der Waals surface area contributed by atoms with Crippen molar-refractivity contribution in [3.63, 3.8) is 0 Å². The van der Waals surface area contributed by atoms with Gasteiger partial charge in [-0.1, -0.05) is 25.3 Å². The Morgan fingerprint density at radius 1 is 0.526 bits per heavy atom. The first kappa shape index (κ1) is 30.8. The molecule has 0 bridgehead atoms. The Kier molecular flexibility index (Phi) is 15.9. The summed E-state index contributed by atoms with van der Waals surface area (Å²) in [5, 5.41) is 2.07. The van der Waals surface area contributed by atoms with Crippen LogP contribution in [-0.4, -0.2) is 91.2 Å². The van der Waals surface area contributed by atoms with E-state index in [0.29, 0.717) is 66.1 Å². The zero-order valence-electron chi connectivity index (χ0n) is 21.6. The number of esters is 2. The maximum atomic E-state index is 10.9. The smallest absolute Gasteiger partial charge is 0.330 e. The second-order valence-corrected chi connectivity index (χ2v) is 7.56. The third-order valence-corrected chi connectivity index (χ3v) is 4.80. The van der Waals surface area contributed by atoms with Gasteiger partial charge in [-0.3, -0.25) is 0 Å². The minimum Gasteiger partial charge on any atom is -0.491 e. The first-order valence-electron chi connectivity index (χ1n) is 12.3. The highest BCUT2D eigenvalue weighted by Gasteiger charge is 2.02.